The lowest BCUT2D eigenvalue weighted by molar-refractivity contribution is -0.139. The molecule has 0 bridgehead atoms. The Hall–Kier alpha value is -3.48. The minimum Gasteiger partial charge on any atom is -0.479 e. The van der Waals surface area contributed by atoms with Gasteiger partial charge in [0.25, 0.3) is 0 Å². The van der Waals surface area contributed by atoms with Gasteiger partial charge in [-0.25, -0.2) is 4.79 Å². The van der Waals surface area contributed by atoms with E-state index >= 15 is 0 Å². The maximum atomic E-state index is 12.0. The van der Waals surface area contributed by atoms with Crippen LogP contribution in [0.4, 0.5) is 5.69 Å². The smallest absolute Gasteiger partial charge is 0.330 e. The van der Waals surface area contributed by atoms with Crippen LogP contribution in [0, 0.1) is 0 Å². The number of anilines is 1. The molecular formula is C20H21N3O4. The van der Waals surface area contributed by atoms with Crippen LogP contribution in [0.1, 0.15) is 24.1 Å². The average molecular weight is 367 g/mol. The Morgan fingerprint density at radius 3 is 2.44 bits per heavy atom. The molecule has 0 aliphatic carbocycles. The zero-order valence-electron chi connectivity index (χ0n) is 15.3. The molecule has 1 atom stereocenters. The Bertz CT molecular complexity index is 900. The number of fused-ring (bicyclic) bond motifs is 1. The van der Waals surface area contributed by atoms with Crippen molar-refractivity contribution in [1.29, 1.82) is 0 Å². The third-order valence-electron chi connectivity index (χ3n) is 4.36. The SMILES string of the molecule is COC(OC)=C1N[C@H](C(=O)O)c2ccccc2C(C)=C1Nc1ccncc1. The third kappa shape index (κ3) is 3.57. The molecular weight excluding hydrogens is 346 g/mol. The molecule has 1 aliphatic heterocycles. The standard InChI is InChI=1S/C20H21N3O4/c1-12-14-6-4-5-7-15(14)17(19(24)25)23-18(20(26-2)27-3)16(12)22-13-8-10-21-11-9-13/h4-11,17,23H,1-3H3,(H,21,22)(H,24,25)/t17-/m0/s1. The van der Waals surface area contributed by atoms with E-state index in [-0.39, 0.29) is 5.95 Å². The molecule has 1 aromatic heterocycles. The highest BCUT2D eigenvalue weighted by molar-refractivity contribution is 5.84. The number of rotatable bonds is 5. The summed E-state index contributed by atoms with van der Waals surface area (Å²) in [6.07, 6.45) is 3.35. The number of hydrogen-bond donors (Lipinski definition) is 3. The molecule has 2 heterocycles. The Kier molecular flexibility index (Phi) is 5.30. The van der Waals surface area contributed by atoms with Crippen LogP contribution in [-0.4, -0.2) is 30.3 Å². The first-order chi connectivity index (χ1) is 13.1. The molecule has 3 rings (SSSR count). The van der Waals surface area contributed by atoms with Crippen LogP contribution in [0.3, 0.4) is 0 Å². The molecule has 7 heteroatoms. The van der Waals surface area contributed by atoms with E-state index in [9.17, 15) is 9.90 Å². The molecule has 0 saturated carbocycles. The van der Waals surface area contributed by atoms with Gasteiger partial charge in [0.05, 0.1) is 19.9 Å². The van der Waals surface area contributed by atoms with Crippen molar-refractivity contribution in [2.24, 2.45) is 0 Å². The molecule has 0 unspecified atom stereocenters. The largest absolute Gasteiger partial charge is 0.479 e. The second kappa shape index (κ2) is 7.82. The van der Waals surface area contributed by atoms with Gasteiger partial charge < -0.3 is 25.2 Å². The van der Waals surface area contributed by atoms with Crippen LogP contribution in [-0.2, 0) is 14.3 Å². The number of carboxylic acid groups (broad SMARTS) is 1. The molecule has 7 nitrogen and oxygen atoms in total. The first kappa shape index (κ1) is 18.3. The molecule has 0 saturated heterocycles. The second-order valence-electron chi connectivity index (χ2n) is 5.93. The highest BCUT2D eigenvalue weighted by Crippen LogP contribution is 2.35. The van der Waals surface area contributed by atoms with E-state index in [4.69, 9.17) is 9.47 Å². The maximum Gasteiger partial charge on any atom is 0.330 e. The highest BCUT2D eigenvalue weighted by Gasteiger charge is 2.31. The van der Waals surface area contributed by atoms with Crippen LogP contribution in [0.5, 0.6) is 0 Å². The first-order valence-electron chi connectivity index (χ1n) is 8.36. The molecule has 2 aromatic rings. The number of aromatic nitrogens is 1. The van der Waals surface area contributed by atoms with Crippen molar-refractivity contribution in [3.8, 4) is 0 Å². The molecule has 27 heavy (non-hydrogen) atoms. The van der Waals surface area contributed by atoms with Gasteiger partial charge in [-0.1, -0.05) is 24.3 Å². The van der Waals surface area contributed by atoms with Gasteiger partial charge in [0.1, 0.15) is 5.70 Å². The number of ether oxygens (including phenoxy) is 2. The van der Waals surface area contributed by atoms with Gasteiger partial charge >= 0.3 is 11.9 Å². The lowest BCUT2D eigenvalue weighted by atomic mass is 9.96. The number of methoxy groups -OCH3 is 2. The number of hydrogen-bond acceptors (Lipinski definition) is 6. The number of aliphatic carboxylic acids is 1. The fourth-order valence-electron chi connectivity index (χ4n) is 3.09. The molecule has 3 N–H and O–H groups in total. The molecule has 1 aromatic carbocycles. The monoisotopic (exact) mass is 367 g/mol. The van der Waals surface area contributed by atoms with E-state index in [1.54, 1.807) is 18.5 Å². The fraction of sp³-hybridized carbons (Fsp3) is 0.200. The van der Waals surface area contributed by atoms with Gasteiger partial charge in [-0.05, 0) is 35.8 Å². The maximum absolute atomic E-state index is 12.0. The van der Waals surface area contributed by atoms with Crippen molar-refractivity contribution in [3.05, 3.63) is 77.3 Å². The summed E-state index contributed by atoms with van der Waals surface area (Å²) in [5.41, 5.74) is 4.25. The van der Waals surface area contributed by atoms with Crippen molar-refractivity contribution in [2.75, 3.05) is 19.5 Å². The Morgan fingerprint density at radius 2 is 1.81 bits per heavy atom. The van der Waals surface area contributed by atoms with Gasteiger partial charge in [-0.3, -0.25) is 4.98 Å². The number of pyridine rings is 1. The van der Waals surface area contributed by atoms with Gasteiger partial charge in [-0.15, -0.1) is 0 Å². The molecule has 140 valence electrons. The average Bonchev–Trinajstić information content (AvgIpc) is 2.80. The minimum absolute atomic E-state index is 0.185. The highest BCUT2D eigenvalue weighted by atomic mass is 16.7. The lowest BCUT2D eigenvalue weighted by Gasteiger charge is -2.21. The summed E-state index contributed by atoms with van der Waals surface area (Å²) in [5, 5.41) is 16.2. The van der Waals surface area contributed by atoms with E-state index in [0.29, 0.717) is 17.0 Å². The summed E-state index contributed by atoms with van der Waals surface area (Å²) >= 11 is 0. The Morgan fingerprint density at radius 1 is 1.15 bits per heavy atom. The van der Waals surface area contributed by atoms with E-state index in [1.165, 1.54) is 14.2 Å². The van der Waals surface area contributed by atoms with E-state index in [1.807, 2.05) is 37.3 Å². The zero-order chi connectivity index (χ0) is 19.4. The quantitative estimate of drug-likeness (QED) is 0.699. The van der Waals surface area contributed by atoms with Gasteiger partial charge in [0, 0.05) is 18.1 Å². The predicted molar refractivity (Wildman–Crippen MR) is 101 cm³/mol. The van der Waals surface area contributed by atoms with E-state index < -0.39 is 12.0 Å². The summed E-state index contributed by atoms with van der Waals surface area (Å²) < 4.78 is 10.7. The summed E-state index contributed by atoms with van der Waals surface area (Å²) in [6.45, 7) is 1.93. The third-order valence-corrected chi connectivity index (χ3v) is 4.36. The summed E-state index contributed by atoms with van der Waals surface area (Å²) in [4.78, 5) is 16.0. The topological polar surface area (TPSA) is 92.7 Å². The van der Waals surface area contributed by atoms with Crippen LogP contribution in [0.2, 0.25) is 0 Å². The van der Waals surface area contributed by atoms with Crippen LogP contribution in [0.15, 0.2) is 66.1 Å². The van der Waals surface area contributed by atoms with Crippen molar-refractivity contribution in [1.82, 2.24) is 10.3 Å². The zero-order valence-corrected chi connectivity index (χ0v) is 15.3. The predicted octanol–water partition coefficient (Wildman–Crippen LogP) is 3.12. The number of carbonyl (C=O) groups is 1. The van der Waals surface area contributed by atoms with Gasteiger partial charge in [0.2, 0.25) is 0 Å². The Labute approximate surface area is 157 Å². The van der Waals surface area contributed by atoms with Crippen molar-refractivity contribution in [2.45, 2.75) is 13.0 Å². The van der Waals surface area contributed by atoms with Crippen molar-refractivity contribution >= 4 is 17.2 Å². The number of carboxylic acids is 1. The minimum atomic E-state index is -0.996. The second-order valence-corrected chi connectivity index (χ2v) is 5.93. The summed E-state index contributed by atoms with van der Waals surface area (Å²) in [7, 11) is 2.95. The van der Waals surface area contributed by atoms with Crippen molar-refractivity contribution < 1.29 is 19.4 Å². The molecule has 0 radical (unpaired) electrons. The van der Waals surface area contributed by atoms with Crippen LogP contribution >= 0.6 is 0 Å². The molecule has 0 spiro atoms. The van der Waals surface area contributed by atoms with Gasteiger partial charge in [0.15, 0.2) is 6.04 Å². The number of allylic oxidation sites excluding steroid dienone is 1. The number of nitrogens with one attached hydrogen (secondary N) is 2. The van der Waals surface area contributed by atoms with Crippen LogP contribution in [0.25, 0.3) is 5.57 Å². The molecule has 1 aliphatic rings. The molecule has 0 fully saturated rings. The fourth-order valence-corrected chi connectivity index (χ4v) is 3.09. The first-order valence-corrected chi connectivity index (χ1v) is 8.36. The summed E-state index contributed by atoms with van der Waals surface area (Å²) in [6, 6.07) is 10.1. The van der Waals surface area contributed by atoms with Crippen molar-refractivity contribution in [3.63, 3.8) is 0 Å². The van der Waals surface area contributed by atoms with Gasteiger partial charge in [-0.2, -0.15) is 0 Å². The van der Waals surface area contributed by atoms with Crippen LogP contribution < -0.4 is 10.6 Å². The lowest BCUT2D eigenvalue weighted by Crippen LogP contribution is -2.30. The summed E-state index contributed by atoms with van der Waals surface area (Å²) in [5.74, 6) is -0.811. The number of benzene rings is 1. The van der Waals surface area contributed by atoms with E-state index in [2.05, 4.69) is 15.6 Å². The number of nitrogens with zero attached hydrogens (tertiary/aromatic N) is 1. The van der Waals surface area contributed by atoms with E-state index in [0.717, 1.165) is 16.8 Å². The Balaban J connectivity index is 2.24. The normalized spacial score (nSPS) is 16.0. The molecule has 0 amide bonds.